The molecule has 3 nitrogen and oxygen atoms in total. The summed E-state index contributed by atoms with van der Waals surface area (Å²) in [7, 11) is 0. The highest BCUT2D eigenvalue weighted by atomic mass is 32.2. The second-order valence-corrected chi connectivity index (χ2v) is 7.74. The highest BCUT2D eigenvalue weighted by Gasteiger charge is 2.22. The molecule has 0 spiro atoms. The van der Waals surface area contributed by atoms with Gasteiger partial charge in [-0.15, -0.1) is 0 Å². The number of carboxylic acid groups (broad SMARTS) is 1. The summed E-state index contributed by atoms with van der Waals surface area (Å²) in [6.07, 6.45) is 2.57. The number of aryl methyl sites for hydroxylation is 1. The molecule has 0 bridgehead atoms. The Hall–Kier alpha value is -1.00. The maximum Gasteiger partial charge on any atom is 0.310 e. The third kappa shape index (κ3) is 6.84. The summed E-state index contributed by atoms with van der Waals surface area (Å²) in [5.74, 6) is 0.610. The van der Waals surface area contributed by atoms with E-state index < -0.39 is 11.9 Å². The van der Waals surface area contributed by atoms with Crippen molar-refractivity contribution in [2.45, 2.75) is 46.0 Å². The topological polar surface area (TPSA) is 57.5 Å². The van der Waals surface area contributed by atoms with Crippen molar-refractivity contribution in [3.05, 3.63) is 35.4 Å². The number of thioether (sulfide) groups is 1. The Morgan fingerprint density at radius 2 is 2.09 bits per heavy atom. The largest absolute Gasteiger partial charge is 0.481 e. The van der Waals surface area contributed by atoms with Gasteiger partial charge in [0.2, 0.25) is 0 Å². The molecule has 0 aliphatic carbocycles. The predicted molar refractivity (Wildman–Crippen MR) is 93.6 cm³/mol. The number of aliphatic carboxylic acids is 1. The SMILES string of the molecule is Cc1cccc(C(CCCC(C)(C)CSCCO)C(=O)O)c1. The molecule has 0 amide bonds. The molecule has 124 valence electrons. The van der Waals surface area contributed by atoms with Crippen LogP contribution in [-0.4, -0.2) is 34.3 Å². The lowest BCUT2D eigenvalue weighted by Gasteiger charge is -2.25. The van der Waals surface area contributed by atoms with Crippen molar-refractivity contribution in [1.82, 2.24) is 0 Å². The molecule has 0 aromatic heterocycles. The number of benzene rings is 1. The van der Waals surface area contributed by atoms with Crippen molar-refractivity contribution in [2.75, 3.05) is 18.1 Å². The molecule has 0 radical (unpaired) electrons. The van der Waals surface area contributed by atoms with Gasteiger partial charge in [0.15, 0.2) is 0 Å². The van der Waals surface area contributed by atoms with E-state index in [4.69, 9.17) is 5.11 Å². The highest BCUT2D eigenvalue weighted by molar-refractivity contribution is 7.99. The molecular weight excluding hydrogens is 296 g/mol. The zero-order valence-corrected chi connectivity index (χ0v) is 14.7. The van der Waals surface area contributed by atoms with Gasteiger partial charge in [-0.3, -0.25) is 4.79 Å². The Morgan fingerprint density at radius 1 is 1.36 bits per heavy atom. The molecule has 1 aromatic rings. The average Bonchev–Trinajstić information content (AvgIpc) is 2.43. The van der Waals surface area contributed by atoms with E-state index in [1.54, 1.807) is 11.8 Å². The van der Waals surface area contributed by atoms with E-state index in [2.05, 4.69) is 13.8 Å². The maximum absolute atomic E-state index is 11.5. The van der Waals surface area contributed by atoms with Gasteiger partial charge in [-0.25, -0.2) is 0 Å². The first kappa shape index (κ1) is 19.0. The van der Waals surface area contributed by atoms with Crippen LogP contribution in [0.1, 0.15) is 50.2 Å². The molecule has 2 N–H and O–H groups in total. The molecule has 0 saturated carbocycles. The summed E-state index contributed by atoms with van der Waals surface area (Å²) in [5, 5.41) is 18.3. The van der Waals surface area contributed by atoms with Crippen molar-refractivity contribution in [2.24, 2.45) is 5.41 Å². The van der Waals surface area contributed by atoms with Crippen LogP contribution in [0.4, 0.5) is 0 Å². The normalized spacial score (nSPS) is 13.1. The fraction of sp³-hybridized carbons (Fsp3) is 0.611. The van der Waals surface area contributed by atoms with Crippen LogP contribution >= 0.6 is 11.8 Å². The molecule has 0 saturated heterocycles. The van der Waals surface area contributed by atoms with Crippen molar-refractivity contribution < 1.29 is 15.0 Å². The van der Waals surface area contributed by atoms with Gasteiger partial charge in [0.25, 0.3) is 0 Å². The molecule has 0 aliphatic rings. The summed E-state index contributed by atoms with van der Waals surface area (Å²) >= 11 is 1.76. The monoisotopic (exact) mass is 324 g/mol. The molecule has 1 atom stereocenters. The molecule has 1 aromatic carbocycles. The maximum atomic E-state index is 11.5. The van der Waals surface area contributed by atoms with Crippen LogP contribution in [0.3, 0.4) is 0 Å². The Kier molecular flexibility index (Phi) is 7.97. The van der Waals surface area contributed by atoms with Crippen LogP contribution in [0.2, 0.25) is 0 Å². The molecule has 0 aliphatic heterocycles. The van der Waals surface area contributed by atoms with Gasteiger partial charge in [0, 0.05) is 5.75 Å². The number of hydrogen-bond acceptors (Lipinski definition) is 3. The number of aliphatic hydroxyl groups is 1. The Balaban J connectivity index is 2.53. The summed E-state index contributed by atoms with van der Waals surface area (Å²) in [6.45, 7) is 6.62. The molecule has 0 fully saturated rings. The third-order valence-corrected chi connectivity index (χ3v) is 5.27. The molecule has 1 unspecified atom stereocenters. The second kappa shape index (κ2) is 9.21. The van der Waals surface area contributed by atoms with Crippen LogP contribution in [0.5, 0.6) is 0 Å². The van der Waals surface area contributed by atoms with Crippen LogP contribution in [0.15, 0.2) is 24.3 Å². The Labute approximate surface area is 138 Å². The van der Waals surface area contributed by atoms with E-state index >= 15 is 0 Å². The minimum atomic E-state index is -0.738. The van der Waals surface area contributed by atoms with E-state index in [1.807, 2.05) is 31.2 Å². The van der Waals surface area contributed by atoms with Gasteiger partial charge in [-0.1, -0.05) is 50.1 Å². The molecule has 0 heterocycles. The van der Waals surface area contributed by atoms with E-state index in [9.17, 15) is 9.90 Å². The molecule has 1 rings (SSSR count). The van der Waals surface area contributed by atoms with Gasteiger partial charge in [-0.2, -0.15) is 11.8 Å². The number of carboxylic acids is 1. The zero-order chi connectivity index (χ0) is 16.6. The molecule has 4 heteroatoms. The fourth-order valence-corrected chi connectivity index (χ4v) is 3.56. The number of hydrogen-bond donors (Lipinski definition) is 2. The van der Waals surface area contributed by atoms with E-state index in [0.717, 1.165) is 35.5 Å². The lowest BCUT2D eigenvalue weighted by molar-refractivity contribution is -0.139. The van der Waals surface area contributed by atoms with Crippen molar-refractivity contribution in [1.29, 1.82) is 0 Å². The van der Waals surface area contributed by atoms with Crippen LogP contribution in [-0.2, 0) is 4.79 Å². The van der Waals surface area contributed by atoms with E-state index in [-0.39, 0.29) is 12.0 Å². The zero-order valence-electron chi connectivity index (χ0n) is 13.8. The number of carbonyl (C=O) groups is 1. The van der Waals surface area contributed by atoms with Crippen molar-refractivity contribution in [3.63, 3.8) is 0 Å². The first-order valence-electron chi connectivity index (χ1n) is 7.84. The number of aliphatic hydroxyl groups excluding tert-OH is 1. The standard InChI is InChI=1S/C18H28O3S/c1-14-6-4-7-15(12-14)16(17(20)21)8-5-9-18(2,3)13-22-11-10-19/h4,6-7,12,16,19H,5,8-11,13H2,1-3H3,(H,20,21). The lowest BCUT2D eigenvalue weighted by Crippen LogP contribution is -2.17. The van der Waals surface area contributed by atoms with Gasteiger partial charge >= 0.3 is 5.97 Å². The summed E-state index contributed by atoms with van der Waals surface area (Å²) in [6, 6.07) is 7.80. The van der Waals surface area contributed by atoms with E-state index in [0.29, 0.717) is 6.42 Å². The average molecular weight is 324 g/mol. The van der Waals surface area contributed by atoms with Crippen molar-refractivity contribution >= 4 is 17.7 Å². The second-order valence-electron chi connectivity index (χ2n) is 6.64. The van der Waals surface area contributed by atoms with Gasteiger partial charge in [0.1, 0.15) is 0 Å². The fourth-order valence-electron chi connectivity index (χ4n) is 2.59. The lowest BCUT2D eigenvalue weighted by atomic mass is 9.85. The quantitative estimate of drug-likeness (QED) is 0.637. The third-order valence-electron chi connectivity index (χ3n) is 3.82. The minimum Gasteiger partial charge on any atom is -0.481 e. The smallest absolute Gasteiger partial charge is 0.310 e. The highest BCUT2D eigenvalue weighted by Crippen LogP contribution is 2.31. The van der Waals surface area contributed by atoms with Crippen LogP contribution < -0.4 is 0 Å². The predicted octanol–water partition coefficient (Wildman–Crippen LogP) is 4.09. The summed E-state index contributed by atoms with van der Waals surface area (Å²) in [4.78, 5) is 11.5. The Morgan fingerprint density at radius 3 is 2.68 bits per heavy atom. The Bertz CT molecular complexity index is 471. The van der Waals surface area contributed by atoms with Gasteiger partial charge in [0.05, 0.1) is 12.5 Å². The summed E-state index contributed by atoms with van der Waals surface area (Å²) < 4.78 is 0. The first-order chi connectivity index (χ1) is 10.4. The first-order valence-corrected chi connectivity index (χ1v) is 8.99. The van der Waals surface area contributed by atoms with Gasteiger partial charge < -0.3 is 10.2 Å². The van der Waals surface area contributed by atoms with Crippen LogP contribution in [0.25, 0.3) is 0 Å². The van der Waals surface area contributed by atoms with Crippen molar-refractivity contribution in [3.8, 4) is 0 Å². The van der Waals surface area contributed by atoms with Crippen LogP contribution in [0, 0.1) is 12.3 Å². The number of rotatable bonds is 10. The molecular formula is C18H28O3S. The minimum absolute atomic E-state index is 0.176. The summed E-state index contributed by atoms with van der Waals surface area (Å²) in [5.41, 5.74) is 2.18. The molecule has 22 heavy (non-hydrogen) atoms. The van der Waals surface area contributed by atoms with Gasteiger partial charge in [-0.05, 0) is 36.5 Å². The van der Waals surface area contributed by atoms with E-state index in [1.165, 1.54) is 0 Å².